The van der Waals surface area contributed by atoms with Crippen molar-refractivity contribution >= 4 is 18.3 Å². The minimum absolute atomic E-state index is 0. The Morgan fingerprint density at radius 3 is 2.64 bits per heavy atom. The summed E-state index contributed by atoms with van der Waals surface area (Å²) in [7, 11) is 3.41. The Morgan fingerprint density at radius 2 is 2.00 bits per heavy atom. The van der Waals surface area contributed by atoms with Crippen LogP contribution in [0.25, 0.3) is 0 Å². The summed E-state index contributed by atoms with van der Waals surface area (Å²) in [6, 6.07) is 7.51. The first kappa shape index (κ1) is 18.6. The van der Waals surface area contributed by atoms with Crippen LogP contribution in [0.3, 0.4) is 0 Å². The van der Waals surface area contributed by atoms with E-state index in [4.69, 9.17) is 9.47 Å². The molecule has 1 aliphatic carbocycles. The van der Waals surface area contributed by atoms with Crippen molar-refractivity contribution in [2.24, 2.45) is 5.92 Å². The van der Waals surface area contributed by atoms with E-state index in [1.165, 1.54) is 12.8 Å². The van der Waals surface area contributed by atoms with E-state index in [9.17, 15) is 4.79 Å². The molecule has 1 amide bonds. The van der Waals surface area contributed by atoms with Crippen LogP contribution < -0.4 is 14.8 Å². The van der Waals surface area contributed by atoms with Crippen molar-refractivity contribution in [2.45, 2.75) is 12.8 Å². The van der Waals surface area contributed by atoms with Gasteiger partial charge in [-0.05, 0) is 37.4 Å². The fraction of sp³-hybridized carbons (Fsp3) is 0.562. The first-order valence-corrected chi connectivity index (χ1v) is 7.41. The second-order valence-electron chi connectivity index (χ2n) is 5.39. The molecule has 0 spiro atoms. The lowest BCUT2D eigenvalue weighted by Crippen LogP contribution is -2.38. The minimum atomic E-state index is 0. The number of carbonyl (C=O) groups excluding carboxylic acids is 1. The van der Waals surface area contributed by atoms with Gasteiger partial charge in [0, 0.05) is 7.05 Å². The average Bonchev–Trinajstić information content (AvgIpc) is 3.31. The largest absolute Gasteiger partial charge is 0.493 e. The Morgan fingerprint density at radius 1 is 1.32 bits per heavy atom. The molecule has 0 saturated heterocycles. The number of hydrogen-bond donors (Lipinski definition) is 1. The standard InChI is InChI=1S/C16H24N2O3.ClH/c1-18(16(19)12-17-11-13-7-8-13)9-10-21-15-6-4-3-5-14(15)20-2;/h3-6,13,17H,7-12H2,1-2H3;1H. The summed E-state index contributed by atoms with van der Waals surface area (Å²) in [6.45, 7) is 2.37. The second-order valence-corrected chi connectivity index (χ2v) is 5.39. The number of amides is 1. The fourth-order valence-corrected chi connectivity index (χ4v) is 2.00. The Kier molecular flexibility index (Phi) is 8.06. The number of para-hydroxylation sites is 2. The number of nitrogens with zero attached hydrogens (tertiary/aromatic N) is 1. The molecule has 1 fully saturated rings. The van der Waals surface area contributed by atoms with Crippen LogP contribution in [0.1, 0.15) is 12.8 Å². The molecule has 0 radical (unpaired) electrons. The number of rotatable bonds is 9. The van der Waals surface area contributed by atoms with Crippen molar-refractivity contribution in [2.75, 3.05) is 40.4 Å². The molecule has 1 aliphatic rings. The highest BCUT2D eigenvalue weighted by Gasteiger charge is 2.21. The average molecular weight is 329 g/mol. The highest BCUT2D eigenvalue weighted by Crippen LogP contribution is 2.27. The van der Waals surface area contributed by atoms with E-state index in [-0.39, 0.29) is 18.3 Å². The number of halogens is 1. The molecular weight excluding hydrogens is 304 g/mol. The summed E-state index contributed by atoms with van der Waals surface area (Å²) in [6.07, 6.45) is 2.59. The van der Waals surface area contributed by atoms with E-state index in [1.807, 2.05) is 24.3 Å². The molecule has 0 heterocycles. The number of ether oxygens (including phenoxy) is 2. The van der Waals surface area contributed by atoms with Crippen molar-refractivity contribution in [3.63, 3.8) is 0 Å². The van der Waals surface area contributed by atoms with Gasteiger partial charge in [0.25, 0.3) is 0 Å². The van der Waals surface area contributed by atoms with Crippen LogP contribution in [0.2, 0.25) is 0 Å². The molecule has 2 rings (SSSR count). The topological polar surface area (TPSA) is 50.8 Å². The van der Waals surface area contributed by atoms with Crippen LogP contribution >= 0.6 is 12.4 Å². The number of hydrogen-bond acceptors (Lipinski definition) is 4. The maximum atomic E-state index is 11.9. The molecule has 0 aliphatic heterocycles. The molecule has 22 heavy (non-hydrogen) atoms. The van der Waals surface area contributed by atoms with Crippen molar-refractivity contribution in [1.82, 2.24) is 10.2 Å². The van der Waals surface area contributed by atoms with E-state index in [2.05, 4.69) is 5.32 Å². The lowest BCUT2D eigenvalue weighted by molar-refractivity contribution is -0.129. The summed E-state index contributed by atoms with van der Waals surface area (Å²) >= 11 is 0. The van der Waals surface area contributed by atoms with Crippen molar-refractivity contribution in [3.05, 3.63) is 24.3 Å². The van der Waals surface area contributed by atoms with Crippen molar-refractivity contribution < 1.29 is 14.3 Å². The van der Waals surface area contributed by atoms with Gasteiger partial charge in [0.2, 0.25) is 5.91 Å². The molecule has 0 aromatic heterocycles. The van der Waals surface area contributed by atoms with E-state index >= 15 is 0 Å². The van der Waals surface area contributed by atoms with Gasteiger partial charge in [-0.15, -0.1) is 12.4 Å². The SMILES string of the molecule is COc1ccccc1OCCN(C)C(=O)CNCC1CC1.Cl. The highest BCUT2D eigenvalue weighted by atomic mass is 35.5. The van der Waals surface area contributed by atoms with Crippen LogP contribution in [-0.4, -0.2) is 51.2 Å². The zero-order valence-electron chi connectivity index (χ0n) is 13.2. The number of likely N-dealkylation sites (N-methyl/N-ethyl adjacent to an activating group) is 1. The highest BCUT2D eigenvalue weighted by molar-refractivity contribution is 5.85. The molecule has 0 atom stereocenters. The Bertz CT molecular complexity index is 466. The third-order valence-corrected chi connectivity index (χ3v) is 3.59. The zero-order chi connectivity index (χ0) is 15.1. The van der Waals surface area contributed by atoms with Gasteiger partial charge in [-0.3, -0.25) is 4.79 Å². The number of nitrogens with one attached hydrogen (secondary N) is 1. The van der Waals surface area contributed by atoms with Gasteiger partial charge in [-0.25, -0.2) is 0 Å². The lowest BCUT2D eigenvalue weighted by Gasteiger charge is -2.18. The van der Waals surface area contributed by atoms with Crippen LogP contribution in [0.4, 0.5) is 0 Å². The Labute approximate surface area is 138 Å². The zero-order valence-corrected chi connectivity index (χ0v) is 14.0. The Hall–Kier alpha value is -1.46. The third kappa shape index (κ3) is 6.12. The molecule has 1 aromatic carbocycles. The van der Waals surface area contributed by atoms with Gasteiger partial charge in [0.15, 0.2) is 11.5 Å². The van der Waals surface area contributed by atoms with Crippen LogP contribution in [0.5, 0.6) is 11.5 Å². The van der Waals surface area contributed by atoms with Gasteiger partial charge in [0.1, 0.15) is 6.61 Å². The quantitative estimate of drug-likeness (QED) is 0.753. The molecule has 6 heteroatoms. The molecule has 5 nitrogen and oxygen atoms in total. The first-order chi connectivity index (χ1) is 10.2. The molecule has 0 bridgehead atoms. The number of benzene rings is 1. The molecule has 124 valence electrons. The monoisotopic (exact) mass is 328 g/mol. The predicted molar refractivity (Wildman–Crippen MR) is 89.0 cm³/mol. The van der Waals surface area contributed by atoms with Crippen LogP contribution in [-0.2, 0) is 4.79 Å². The second kappa shape index (κ2) is 9.54. The smallest absolute Gasteiger partial charge is 0.236 e. The van der Waals surface area contributed by atoms with Gasteiger partial charge in [0.05, 0.1) is 20.2 Å². The van der Waals surface area contributed by atoms with Crippen LogP contribution in [0.15, 0.2) is 24.3 Å². The van der Waals surface area contributed by atoms with Crippen molar-refractivity contribution in [3.8, 4) is 11.5 Å². The van der Waals surface area contributed by atoms with E-state index in [1.54, 1.807) is 19.1 Å². The third-order valence-electron chi connectivity index (χ3n) is 3.59. The Balaban J connectivity index is 0.00000242. The maximum Gasteiger partial charge on any atom is 0.236 e. The van der Waals surface area contributed by atoms with Gasteiger partial charge in [-0.2, -0.15) is 0 Å². The molecular formula is C16H25ClN2O3. The normalized spacial score (nSPS) is 13.2. The van der Waals surface area contributed by atoms with E-state index in [0.29, 0.717) is 31.2 Å². The first-order valence-electron chi connectivity index (χ1n) is 7.41. The maximum absolute atomic E-state index is 11.9. The van der Waals surface area contributed by atoms with Gasteiger partial charge in [-0.1, -0.05) is 12.1 Å². The summed E-state index contributed by atoms with van der Waals surface area (Å²) in [4.78, 5) is 13.6. The summed E-state index contributed by atoms with van der Waals surface area (Å²) in [5.41, 5.74) is 0. The molecule has 0 unspecified atom stereocenters. The van der Waals surface area contributed by atoms with Gasteiger partial charge < -0.3 is 19.7 Å². The summed E-state index contributed by atoms with van der Waals surface area (Å²) in [5, 5.41) is 3.20. The lowest BCUT2D eigenvalue weighted by atomic mass is 10.3. The molecule has 1 N–H and O–H groups in total. The fourth-order valence-electron chi connectivity index (χ4n) is 2.00. The van der Waals surface area contributed by atoms with Crippen LogP contribution in [0, 0.1) is 5.92 Å². The number of methoxy groups -OCH3 is 1. The molecule has 1 saturated carbocycles. The van der Waals surface area contributed by atoms with Gasteiger partial charge >= 0.3 is 0 Å². The van der Waals surface area contributed by atoms with E-state index in [0.717, 1.165) is 12.5 Å². The van der Waals surface area contributed by atoms with E-state index < -0.39 is 0 Å². The summed E-state index contributed by atoms with van der Waals surface area (Å²) in [5.74, 6) is 2.29. The van der Waals surface area contributed by atoms with Crippen molar-refractivity contribution in [1.29, 1.82) is 0 Å². The summed E-state index contributed by atoms with van der Waals surface area (Å²) < 4.78 is 10.9. The minimum Gasteiger partial charge on any atom is -0.493 e. The predicted octanol–water partition coefficient (Wildman–Crippen LogP) is 1.95. The molecule has 1 aromatic rings. The number of carbonyl (C=O) groups is 1.